The second kappa shape index (κ2) is 4.94. The van der Waals surface area contributed by atoms with Gasteiger partial charge in [0, 0.05) is 0 Å². The van der Waals surface area contributed by atoms with Crippen LogP contribution in [0.15, 0.2) is 22.7 Å². The molecule has 0 bridgehead atoms. The molecule has 0 radical (unpaired) electrons. The van der Waals surface area contributed by atoms with Crippen LogP contribution in [0, 0.1) is 0 Å². The van der Waals surface area contributed by atoms with E-state index in [1.165, 1.54) is 0 Å². The summed E-state index contributed by atoms with van der Waals surface area (Å²) in [5.41, 5.74) is 0.921. The van der Waals surface area contributed by atoms with Gasteiger partial charge in [-0.15, -0.1) is 0 Å². The number of benzene rings is 1. The van der Waals surface area contributed by atoms with E-state index in [9.17, 15) is 4.79 Å². The van der Waals surface area contributed by atoms with Crippen LogP contribution < -0.4 is 4.74 Å². The molecule has 4 heteroatoms. The predicted molar refractivity (Wildman–Crippen MR) is 63.0 cm³/mol. The summed E-state index contributed by atoms with van der Waals surface area (Å²) in [6, 6.07) is 5.57. The lowest BCUT2D eigenvalue weighted by Gasteiger charge is -2.09. The lowest BCUT2D eigenvalue weighted by Crippen LogP contribution is -2.01. The number of carbonyl (C=O) groups excluding carboxylic acids is 1. The first kappa shape index (κ1) is 11.7. The summed E-state index contributed by atoms with van der Waals surface area (Å²) in [6.45, 7) is 1.55. The molecule has 76 valence electrons. The zero-order valence-corrected chi connectivity index (χ0v) is 11.1. The van der Waals surface area contributed by atoms with Crippen molar-refractivity contribution in [1.82, 2.24) is 0 Å². The third-order valence-corrected chi connectivity index (χ3v) is 3.62. The highest BCUT2D eigenvalue weighted by Crippen LogP contribution is 2.31. The van der Waals surface area contributed by atoms with Crippen molar-refractivity contribution < 1.29 is 9.53 Å². The van der Waals surface area contributed by atoms with Crippen LogP contribution in [0.3, 0.4) is 0 Å². The molecule has 1 rings (SSSR count). The summed E-state index contributed by atoms with van der Waals surface area (Å²) in [7, 11) is 1.61. The molecule has 0 N–H and O–H groups in total. The molecule has 0 aromatic heterocycles. The van der Waals surface area contributed by atoms with Gasteiger partial charge in [-0.05, 0) is 40.5 Å². The maximum atomic E-state index is 11.1. The Labute approximate surface area is 99.9 Å². The first-order valence-electron chi connectivity index (χ1n) is 4.04. The molecular weight excluding hydrogens is 312 g/mol. The fraction of sp³-hybridized carbons (Fsp3) is 0.300. The fourth-order valence-electron chi connectivity index (χ4n) is 1.07. The van der Waals surface area contributed by atoms with Crippen LogP contribution >= 0.6 is 31.9 Å². The van der Waals surface area contributed by atoms with Crippen molar-refractivity contribution in [2.24, 2.45) is 0 Å². The Balaban J connectivity index is 3.02. The molecule has 0 saturated carbocycles. The second-order valence-corrected chi connectivity index (χ2v) is 4.64. The zero-order valence-electron chi connectivity index (χ0n) is 7.88. The van der Waals surface area contributed by atoms with E-state index < -0.39 is 0 Å². The number of ether oxygens (including phenoxy) is 1. The lowest BCUT2D eigenvalue weighted by atomic mass is 10.1. The molecule has 1 aromatic carbocycles. The minimum atomic E-state index is -0.246. The van der Waals surface area contributed by atoms with E-state index in [4.69, 9.17) is 4.74 Å². The molecule has 0 aliphatic rings. The Kier molecular flexibility index (Phi) is 4.13. The van der Waals surface area contributed by atoms with Gasteiger partial charge in [-0.25, -0.2) is 0 Å². The molecule has 1 unspecified atom stereocenters. The molecule has 0 heterocycles. The summed E-state index contributed by atoms with van der Waals surface area (Å²) in [4.78, 5) is 10.9. The third-order valence-electron chi connectivity index (χ3n) is 1.83. The van der Waals surface area contributed by atoms with Crippen LogP contribution in [0.1, 0.15) is 17.3 Å². The van der Waals surface area contributed by atoms with Crippen molar-refractivity contribution in [3.05, 3.63) is 28.2 Å². The number of carbonyl (C=O) groups is 1. The molecule has 1 atom stereocenters. The standard InChI is InChI=1S/C10H10Br2O2/c1-6(13)10(12)7-3-4-9(14-2)8(11)5-7/h3-5,10H,1-2H3. The minimum Gasteiger partial charge on any atom is -0.496 e. The largest absolute Gasteiger partial charge is 0.496 e. The SMILES string of the molecule is COc1ccc(C(Br)C(C)=O)cc1Br. The van der Waals surface area contributed by atoms with Gasteiger partial charge in [0.05, 0.1) is 16.4 Å². The van der Waals surface area contributed by atoms with E-state index in [-0.39, 0.29) is 10.6 Å². The number of ketones is 1. The number of hydrogen-bond donors (Lipinski definition) is 0. The molecule has 0 fully saturated rings. The first-order valence-corrected chi connectivity index (χ1v) is 5.75. The van der Waals surface area contributed by atoms with Crippen molar-refractivity contribution in [3.8, 4) is 5.75 Å². The van der Waals surface area contributed by atoms with E-state index in [1.54, 1.807) is 14.0 Å². The van der Waals surface area contributed by atoms with Crippen molar-refractivity contribution in [1.29, 1.82) is 0 Å². The van der Waals surface area contributed by atoms with Gasteiger partial charge in [0.15, 0.2) is 0 Å². The van der Waals surface area contributed by atoms with Crippen LogP contribution in [-0.2, 0) is 4.79 Å². The van der Waals surface area contributed by atoms with Gasteiger partial charge in [0.1, 0.15) is 11.5 Å². The average Bonchev–Trinajstić information content (AvgIpc) is 2.16. The Morgan fingerprint density at radius 3 is 2.57 bits per heavy atom. The summed E-state index contributed by atoms with van der Waals surface area (Å²) in [6.07, 6.45) is 0. The highest BCUT2D eigenvalue weighted by Gasteiger charge is 2.13. The third kappa shape index (κ3) is 2.58. The molecule has 1 aromatic rings. The van der Waals surface area contributed by atoms with Crippen LogP contribution in [0.2, 0.25) is 0 Å². The quantitative estimate of drug-likeness (QED) is 0.797. The Morgan fingerprint density at radius 1 is 1.50 bits per heavy atom. The molecular formula is C10H10Br2O2. The van der Waals surface area contributed by atoms with Gasteiger partial charge in [0.2, 0.25) is 0 Å². The van der Waals surface area contributed by atoms with Crippen LogP contribution in [0.25, 0.3) is 0 Å². The normalized spacial score (nSPS) is 12.3. The summed E-state index contributed by atoms with van der Waals surface area (Å²) in [5.74, 6) is 0.846. The van der Waals surface area contributed by atoms with E-state index in [0.29, 0.717) is 0 Å². The van der Waals surface area contributed by atoms with E-state index in [0.717, 1.165) is 15.8 Å². The molecule has 2 nitrogen and oxygen atoms in total. The highest BCUT2D eigenvalue weighted by molar-refractivity contribution is 9.10. The smallest absolute Gasteiger partial charge is 0.147 e. The monoisotopic (exact) mass is 320 g/mol. The molecule has 0 spiro atoms. The van der Waals surface area contributed by atoms with E-state index >= 15 is 0 Å². The van der Waals surface area contributed by atoms with Gasteiger partial charge in [-0.1, -0.05) is 22.0 Å². The topological polar surface area (TPSA) is 26.3 Å². The number of hydrogen-bond acceptors (Lipinski definition) is 2. The summed E-state index contributed by atoms with van der Waals surface area (Å²) in [5, 5.41) is 0. The van der Waals surface area contributed by atoms with Gasteiger partial charge in [-0.3, -0.25) is 4.79 Å². The first-order chi connectivity index (χ1) is 6.56. The highest BCUT2D eigenvalue weighted by atomic mass is 79.9. The van der Waals surface area contributed by atoms with Crippen molar-refractivity contribution in [2.75, 3.05) is 7.11 Å². The number of halogens is 2. The summed E-state index contributed by atoms with van der Waals surface area (Å²) >= 11 is 6.69. The predicted octanol–water partition coefficient (Wildman–Crippen LogP) is 3.48. The molecule has 0 aliphatic carbocycles. The maximum absolute atomic E-state index is 11.1. The van der Waals surface area contributed by atoms with Crippen LogP contribution in [0.5, 0.6) is 5.75 Å². The summed E-state index contributed by atoms with van der Waals surface area (Å²) < 4.78 is 5.94. The molecule has 0 aliphatic heterocycles. The van der Waals surface area contributed by atoms with Crippen molar-refractivity contribution >= 4 is 37.6 Å². The van der Waals surface area contributed by atoms with Crippen molar-refractivity contribution in [2.45, 2.75) is 11.8 Å². The minimum absolute atomic E-state index is 0.0852. The number of alkyl halides is 1. The fourth-order valence-corrected chi connectivity index (χ4v) is 1.92. The molecule has 0 amide bonds. The number of methoxy groups -OCH3 is 1. The van der Waals surface area contributed by atoms with Crippen LogP contribution in [0.4, 0.5) is 0 Å². The van der Waals surface area contributed by atoms with E-state index in [2.05, 4.69) is 31.9 Å². The number of rotatable bonds is 3. The maximum Gasteiger partial charge on any atom is 0.147 e. The Morgan fingerprint density at radius 2 is 2.14 bits per heavy atom. The average molecular weight is 322 g/mol. The van der Waals surface area contributed by atoms with Gasteiger partial charge in [0.25, 0.3) is 0 Å². The Hall–Kier alpha value is -0.350. The molecule has 0 saturated heterocycles. The second-order valence-electron chi connectivity index (χ2n) is 2.87. The zero-order chi connectivity index (χ0) is 10.7. The Bertz CT molecular complexity index is 350. The van der Waals surface area contributed by atoms with Crippen LogP contribution in [-0.4, -0.2) is 12.9 Å². The number of Topliss-reactive ketones (excluding diaryl/α,β-unsaturated/α-hetero) is 1. The lowest BCUT2D eigenvalue weighted by molar-refractivity contribution is -0.116. The van der Waals surface area contributed by atoms with Gasteiger partial charge in [-0.2, -0.15) is 0 Å². The van der Waals surface area contributed by atoms with Gasteiger partial charge < -0.3 is 4.74 Å². The van der Waals surface area contributed by atoms with Gasteiger partial charge >= 0.3 is 0 Å². The van der Waals surface area contributed by atoms with Crippen molar-refractivity contribution in [3.63, 3.8) is 0 Å². The van der Waals surface area contributed by atoms with E-state index in [1.807, 2.05) is 18.2 Å². The molecule has 14 heavy (non-hydrogen) atoms.